The Morgan fingerprint density at radius 3 is 2.67 bits per heavy atom. The molecule has 1 N–H and O–H groups in total. The summed E-state index contributed by atoms with van der Waals surface area (Å²) in [5, 5.41) is 22.3. The lowest BCUT2D eigenvalue weighted by atomic mass is 10.1. The van der Waals surface area contributed by atoms with Gasteiger partial charge in [0.1, 0.15) is 5.52 Å². The molecule has 0 saturated heterocycles. The number of fused-ring (bicyclic) bond motifs is 3. The zero-order valence-electron chi connectivity index (χ0n) is 12.4. The predicted molar refractivity (Wildman–Crippen MR) is 90.1 cm³/mol. The Labute approximate surface area is 140 Å². The average molecular weight is 342 g/mol. The van der Waals surface area contributed by atoms with E-state index in [1.807, 2.05) is 12.1 Å². The summed E-state index contributed by atoms with van der Waals surface area (Å²) >= 11 is 5.92. The molecule has 8 heteroatoms. The molecule has 4 rings (SSSR count). The molecule has 0 aliphatic rings. The fraction of sp³-hybridized carbons (Fsp3) is 0.125. The number of hydrogen-bond donors (Lipinski definition) is 1. The highest BCUT2D eigenvalue weighted by atomic mass is 35.5. The number of rotatable bonds is 3. The highest BCUT2D eigenvalue weighted by Gasteiger charge is 2.14. The molecule has 3 heterocycles. The Morgan fingerprint density at radius 2 is 1.92 bits per heavy atom. The van der Waals surface area contributed by atoms with Crippen LogP contribution in [0.2, 0.25) is 5.02 Å². The lowest BCUT2D eigenvalue weighted by Crippen LogP contribution is -2.23. The average Bonchev–Trinajstić information content (AvgIpc) is 3.02. The van der Waals surface area contributed by atoms with Crippen LogP contribution in [-0.2, 0) is 6.54 Å². The van der Waals surface area contributed by atoms with E-state index in [1.165, 1.54) is 4.57 Å². The van der Waals surface area contributed by atoms with Crippen LogP contribution in [0.1, 0.15) is 0 Å². The van der Waals surface area contributed by atoms with E-state index >= 15 is 0 Å². The van der Waals surface area contributed by atoms with Crippen LogP contribution in [0.25, 0.3) is 27.8 Å². The molecule has 7 nitrogen and oxygen atoms in total. The first-order valence-corrected chi connectivity index (χ1v) is 7.67. The molecule has 1 aromatic carbocycles. The Balaban J connectivity index is 1.96. The SMILES string of the molecule is O=c1c2nnc3c(-c4ccc(Cl)cc4)cnn3c2ccn1CCO. The molecule has 0 atom stereocenters. The quantitative estimate of drug-likeness (QED) is 0.613. The van der Waals surface area contributed by atoms with E-state index in [-0.39, 0.29) is 24.2 Å². The van der Waals surface area contributed by atoms with Gasteiger partial charge in [0.2, 0.25) is 0 Å². The van der Waals surface area contributed by atoms with Crippen LogP contribution in [0.3, 0.4) is 0 Å². The smallest absolute Gasteiger partial charge is 0.280 e. The van der Waals surface area contributed by atoms with Crippen LogP contribution in [0.4, 0.5) is 0 Å². The second-order valence-corrected chi connectivity index (χ2v) is 5.71. The summed E-state index contributed by atoms with van der Waals surface area (Å²) in [6.45, 7) is 0.0905. The van der Waals surface area contributed by atoms with Crippen LogP contribution in [0.15, 0.2) is 47.5 Å². The molecule has 0 aliphatic carbocycles. The largest absolute Gasteiger partial charge is 0.395 e. The lowest BCUT2D eigenvalue weighted by Gasteiger charge is -2.05. The summed E-state index contributed by atoms with van der Waals surface area (Å²) in [5.74, 6) is 0. The lowest BCUT2D eigenvalue weighted by molar-refractivity contribution is 0.274. The molecular formula is C16H12ClN5O2. The topological polar surface area (TPSA) is 85.3 Å². The van der Waals surface area contributed by atoms with Crippen LogP contribution in [0, 0.1) is 0 Å². The highest BCUT2D eigenvalue weighted by Crippen LogP contribution is 2.25. The molecular weight excluding hydrogens is 330 g/mol. The van der Waals surface area contributed by atoms with E-state index in [0.717, 1.165) is 11.1 Å². The van der Waals surface area contributed by atoms with Crippen molar-refractivity contribution in [2.75, 3.05) is 6.61 Å². The number of nitrogens with zero attached hydrogens (tertiary/aromatic N) is 5. The van der Waals surface area contributed by atoms with E-state index in [9.17, 15) is 4.79 Å². The van der Waals surface area contributed by atoms with E-state index in [0.29, 0.717) is 16.2 Å². The third-order valence-corrected chi connectivity index (χ3v) is 4.08. The third kappa shape index (κ3) is 2.26. The zero-order chi connectivity index (χ0) is 16.7. The molecule has 0 spiro atoms. The molecule has 3 aromatic heterocycles. The number of hydrogen-bond acceptors (Lipinski definition) is 5. The molecule has 4 aromatic rings. The van der Waals surface area contributed by atoms with Gasteiger partial charge in [-0.05, 0) is 23.8 Å². The maximum atomic E-state index is 12.4. The summed E-state index contributed by atoms with van der Waals surface area (Å²) < 4.78 is 2.99. The first-order valence-electron chi connectivity index (χ1n) is 7.29. The van der Waals surface area contributed by atoms with Crippen molar-refractivity contribution in [2.24, 2.45) is 0 Å². The van der Waals surface area contributed by atoms with Gasteiger partial charge in [-0.1, -0.05) is 23.7 Å². The zero-order valence-corrected chi connectivity index (χ0v) is 13.2. The van der Waals surface area contributed by atoms with Crippen molar-refractivity contribution in [3.63, 3.8) is 0 Å². The third-order valence-electron chi connectivity index (χ3n) is 3.83. The molecule has 0 bridgehead atoms. The van der Waals surface area contributed by atoms with Gasteiger partial charge in [0.25, 0.3) is 5.56 Å². The van der Waals surface area contributed by atoms with Gasteiger partial charge in [0.15, 0.2) is 11.2 Å². The summed E-state index contributed by atoms with van der Waals surface area (Å²) in [6, 6.07) is 9.09. The minimum absolute atomic E-state index is 0.121. The fourth-order valence-electron chi connectivity index (χ4n) is 2.65. The minimum Gasteiger partial charge on any atom is -0.395 e. The Hall–Kier alpha value is -2.77. The van der Waals surface area contributed by atoms with Gasteiger partial charge in [-0.2, -0.15) is 5.10 Å². The number of benzene rings is 1. The second-order valence-electron chi connectivity index (χ2n) is 5.27. The van der Waals surface area contributed by atoms with Crippen molar-refractivity contribution < 1.29 is 5.11 Å². The molecule has 0 saturated carbocycles. The van der Waals surface area contributed by atoms with Crippen LogP contribution < -0.4 is 5.56 Å². The Morgan fingerprint density at radius 1 is 1.12 bits per heavy atom. The van der Waals surface area contributed by atoms with Crippen molar-refractivity contribution in [3.05, 3.63) is 58.1 Å². The van der Waals surface area contributed by atoms with Gasteiger partial charge in [0.05, 0.1) is 12.8 Å². The molecule has 120 valence electrons. The minimum atomic E-state index is -0.306. The normalized spacial score (nSPS) is 11.4. The number of halogens is 1. The molecule has 24 heavy (non-hydrogen) atoms. The first-order chi connectivity index (χ1) is 11.7. The van der Waals surface area contributed by atoms with Gasteiger partial charge < -0.3 is 9.67 Å². The van der Waals surface area contributed by atoms with Crippen molar-refractivity contribution in [2.45, 2.75) is 6.54 Å². The molecule has 0 aliphatic heterocycles. The monoisotopic (exact) mass is 341 g/mol. The number of pyridine rings is 1. The number of aromatic nitrogens is 5. The van der Waals surface area contributed by atoms with E-state index in [1.54, 1.807) is 35.1 Å². The van der Waals surface area contributed by atoms with Crippen molar-refractivity contribution in [3.8, 4) is 11.1 Å². The van der Waals surface area contributed by atoms with Crippen molar-refractivity contribution in [1.82, 2.24) is 24.4 Å². The fourth-order valence-corrected chi connectivity index (χ4v) is 2.77. The maximum Gasteiger partial charge on any atom is 0.280 e. The summed E-state index contributed by atoms with van der Waals surface area (Å²) in [4.78, 5) is 12.4. The van der Waals surface area contributed by atoms with Gasteiger partial charge in [-0.15, -0.1) is 10.2 Å². The molecule has 0 unspecified atom stereocenters. The van der Waals surface area contributed by atoms with Gasteiger partial charge in [0, 0.05) is 23.3 Å². The predicted octanol–water partition coefficient (Wildman–Crippen LogP) is 1.75. The van der Waals surface area contributed by atoms with Gasteiger partial charge >= 0.3 is 0 Å². The Bertz CT molecular complexity index is 1100. The van der Waals surface area contributed by atoms with Crippen LogP contribution in [-0.4, -0.2) is 36.1 Å². The second kappa shape index (κ2) is 5.70. The summed E-state index contributed by atoms with van der Waals surface area (Å²) in [6.07, 6.45) is 3.30. The van der Waals surface area contributed by atoms with Crippen LogP contribution >= 0.6 is 11.6 Å². The first kappa shape index (κ1) is 14.8. The van der Waals surface area contributed by atoms with E-state index in [4.69, 9.17) is 16.7 Å². The van der Waals surface area contributed by atoms with E-state index < -0.39 is 0 Å². The van der Waals surface area contributed by atoms with E-state index in [2.05, 4.69) is 15.3 Å². The summed E-state index contributed by atoms with van der Waals surface area (Å²) in [7, 11) is 0. The summed E-state index contributed by atoms with van der Waals surface area (Å²) in [5.41, 5.74) is 2.75. The highest BCUT2D eigenvalue weighted by molar-refractivity contribution is 6.30. The standard InChI is InChI=1S/C16H12ClN5O2/c17-11-3-1-10(2-4-11)12-9-18-22-13-5-6-21(7-8-23)16(24)14(13)19-20-15(12)22/h1-6,9,23H,7-8H2. The van der Waals surface area contributed by atoms with Crippen molar-refractivity contribution in [1.29, 1.82) is 0 Å². The Kier molecular flexibility index (Phi) is 3.51. The molecule has 0 fully saturated rings. The number of aliphatic hydroxyl groups is 1. The van der Waals surface area contributed by atoms with Crippen LogP contribution in [0.5, 0.6) is 0 Å². The maximum absolute atomic E-state index is 12.4. The number of aliphatic hydroxyl groups excluding tert-OH is 1. The van der Waals surface area contributed by atoms with Crippen molar-refractivity contribution >= 4 is 28.3 Å². The molecule has 0 amide bonds. The van der Waals surface area contributed by atoms with Gasteiger partial charge in [-0.3, -0.25) is 4.79 Å². The molecule has 0 radical (unpaired) electrons. The van der Waals surface area contributed by atoms with Gasteiger partial charge in [-0.25, -0.2) is 4.52 Å².